The summed E-state index contributed by atoms with van der Waals surface area (Å²) in [4.78, 5) is 2.44. The van der Waals surface area contributed by atoms with Gasteiger partial charge in [-0.25, -0.2) is 0 Å². The lowest BCUT2D eigenvalue weighted by Gasteiger charge is -2.33. The molecule has 3 nitrogen and oxygen atoms in total. The number of hydrogen-bond acceptors (Lipinski definition) is 3. The SMILES string of the molecule is CC1CN(CCOc2ccccc2)Cc2cccc(N)c21. The minimum absolute atomic E-state index is 0.478. The van der Waals surface area contributed by atoms with Crippen LogP contribution in [0.3, 0.4) is 0 Å². The smallest absolute Gasteiger partial charge is 0.119 e. The van der Waals surface area contributed by atoms with E-state index in [1.807, 2.05) is 42.5 Å². The third-order valence-electron chi connectivity index (χ3n) is 4.07. The standard InChI is InChI=1S/C18H22N2O/c1-14-12-20(10-11-21-16-7-3-2-4-8-16)13-15-6-5-9-17(19)18(14)15/h2-9,14H,10-13,19H2,1H3. The monoisotopic (exact) mass is 282 g/mol. The third kappa shape index (κ3) is 3.19. The zero-order valence-corrected chi connectivity index (χ0v) is 12.5. The van der Waals surface area contributed by atoms with Crippen LogP contribution in [0, 0.1) is 0 Å². The van der Waals surface area contributed by atoms with Gasteiger partial charge < -0.3 is 10.5 Å². The fourth-order valence-electron chi connectivity index (χ4n) is 3.14. The third-order valence-corrected chi connectivity index (χ3v) is 4.07. The molecule has 1 atom stereocenters. The van der Waals surface area contributed by atoms with Crippen LogP contribution in [0.2, 0.25) is 0 Å². The minimum atomic E-state index is 0.478. The molecule has 1 unspecified atom stereocenters. The van der Waals surface area contributed by atoms with E-state index in [9.17, 15) is 0 Å². The molecule has 110 valence electrons. The van der Waals surface area contributed by atoms with E-state index in [0.717, 1.165) is 31.1 Å². The Morgan fingerprint density at radius 1 is 1.14 bits per heavy atom. The number of nitrogen functional groups attached to an aromatic ring is 1. The van der Waals surface area contributed by atoms with Gasteiger partial charge in [-0.2, -0.15) is 0 Å². The van der Waals surface area contributed by atoms with Gasteiger partial charge in [-0.05, 0) is 35.2 Å². The van der Waals surface area contributed by atoms with Crippen molar-refractivity contribution in [1.29, 1.82) is 0 Å². The van der Waals surface area contributed by atoms with E-state index in [0.29, 0.717) is 12.5 Å². The maximum Gasteiger partial charge on any atom is 0.119 e. The number of nitrogens with two attached hydrogens (primary N) is 1. The number of rotatable bonds is 4. The first-order valence-electron chi connectivity index (χ1n) is 7.51. The highest BCUT2D eigenvalue weighted by Crippen LogP contribution is 2.32. The quantitative estimate of drug-likeness (QED) is 0.875. The van der Waals surface area contributed by atoms with Crippen molar-refractivity contribution in [2.45, 2.75) is 19.4 Å². The molecule has 2 aromatic rings. The van der Waals surface area contributed by atoms with E-state index < -0.39 is 0 Å². The molecule has 1 aliphatic rings. The average molecular weight is 282 g/mol. The van der Waals surface area contributed by atoms with Crippen LogP contribution >= 0.6 is 0 Å². The molecule has 0 radical (unpaired) electrons. The summed E-state index contributed by atoms with van der Waals surface area (Å²) in [5.41, 5.74) is 9.73. The number of ether oxygens (including phenoxy) is 1. The molecule has 0 amide bonds. The highest BCUT2D eigenvalue weighted by Gasteiger charge is 2.23. The maximum absolute atomic E-state index is 6.11. The minimum Gasteiger partial charge on any atom is -0.492 e. The summed E-state index contributed by atoms with van der Waals surface area (Å²) in [6, 6.07) is 16.2. The molecule has 0 spiro atoms. The van der Waals surface area contributed by atoms with E-state index in [1.54, 1.807) is 0 Å². The lowest BCUT2D eigenvalue weighted by atomic mass is 9.90. The topological polar surface area (TPSA) is 38.5 Å². The van der Waals surface area contributed by atoms with E-state index in [4.69, 9.17) is 10.5 Å². The number of benzene rings is 2. The highest BCUT2D eigenvalue weighted by atomic mass is 16.5. The van der Waals surface area contributed by atoms with Crippen LogP contribution < -0.4 is 10.5 Å². The molecule has 0 aliphatic carbocycles. The Balaban J connectivity index is 1.59. The van der Waals surface area contributed by atoms with Gasteiger partial charge in [0.25, 0.3) is 0 Å². The summed E-state index contributed by atoms with van der Waals surface area (Å²) in [5, 5.41) is 0. The molecule has 21 heavy (non-hydrogen) atoms. The van der Waals surface area contributed by atoms with Crippen LogP contribution in [0.5, 0.6) is 5.75 Å². The van der Waals surface area contributed by atoms with Crippen molar-refractivity contribution < 1.29 is 4.74 Å². The zero-order valence-electron chi connectivity index (χ0n) is 12.5. The fourth-order valence-corrected chi connectivity index (χ4v) is 3.14. The van der Waals surface area contributed by atoms with Crippen LogP contribution in [-0.2, 0) is 6.54 Å². The van der Waals surface area contributed by atoms with Crippen LogP contribution in [0.15, 0.2) is 48.5 Å². The number of nitrogens with zero attached hydrogens (tertiary/aromatic N) is 1. The first-order chi connectivity index (χ1) is 10.2. The van der Waals surface area contributed by atoms with Gasteiger partial charge >= 0.3 is 0 Å². The normalized spacial score (nSPS) is 18.2. The molecule has 0 saturated heterocycles. The van der Waals surface area contributed by atoms with Gasteiger partial charge in [-0.1, -0.05) is 37.3 Å². The molecule has 3 heteroatoms. The summed E-state index contributed by atoms with van der Waals surface area (Å²) in [7, 11) is 0. The Morgan fingerprint density at radius 2 is 1.95 bits per heavy atom. The Morgan fingerprint density at radius 3 is 2.76 bits per heavy atom. The van der Waals surface area contributed by atoms with Crippen molar-refractivity contribution in [3.8, 4) is 5.75 Å². The molecule has 2 aromatic carbocycles. The number of hydrogen-bond donors (Lipinski definition) is 1. The molecule has 1 heterocycles. The van der Waals surface area contributed by atoms with Crippen molar-refractivity contribution in [1.82, 2.24) is 4.90 Å². The first kappa shape index (κ1) is 14.0. The Bertz CT molecular complexity index is 597. The Hall–Kier alpha value is -2.00. The van der Waals surface area contributed by atoms with Crippen molar-refractivity contribution in [2.75, 3.05) is 25.4 Å². The lowest BCUT2D eigenvalue weighted by molar-refractivity contribution is 0.186. The van der Waals surface area contributed by atoms with Crippen molar-refractivity contribution in [3.63, 3.8) is 0 Å². The zero-order chi connectivity index (χ0) is 14.7. The second-order valence-electron chi connectivity index (χ2n) is 5.72. The average Bonchev–Trinajstić information content (AvgIpc) is 2.48. The predicted molar refractivity (Wildman–Crippen MR) is 86.5 cm³/mol. The van der Waals surface area contributed by atoms with Gasteiger partial charge in [-0.15, -0.1) is 0 Å². The molecule has 0 fully saturated rings. The Labute approximate surface area is 126 Å². The summed E-state index contributed by atoms with van der Waals surface area (Å²) in [5.74, 6) is 1.42. The maximum atomic E-state index is 6.11. The molecule has 1 aliphatic heterocycles. The summed E-state index contributed by atoms with van der Waals surface area (Å²) in [6.45, 7) is 5.91. The lowest BCUT2D eigenvalue weighted by Crippen LogP contribution is -2.35. The molecular formula is C18H22N2O. The number of anilines is 1. The van der Waals surface area contributed by atoms with Gasteiger partial charge in [0, 0.05) is 25.3 Å². The van der Waals surface area contributed by atoms with Gasteiger partial charge in [0.1, 0.15) is 12.4 Å². The number of para-hydroxylation sites is 1. The van der Waals surface area contributed by atoms with Gasteiger partial charge in [-0.3, -0.25) is 4.90 Å². The van der Waals surface area contributed by atoms with Gasteiger partial charge in [0.05, 0.1) is 0 Å². The van der Waals surface area contributed by atoms with Crippen molar-refractivity contribution in [3.05, 3.63) is 59.7 Å². The van der Waals surface area contributed by atoms with E-state index in [1.165, 1.54) is 11.1 Å². The van der Waals surface area contributed by atoms with Crippen molar-refractivity contribution >= 4 is 5.69 Å². The molecule has 0 saturated carbocycles. The van der Waals surface area contributed by atoms with E-state index in [2.05, 4.69) is 17.9 Å². The molecule has 0 aromatic heterocycles. The van der Waals surface area contributed by atoms with Crippen LogP contribution in [0.1, 0.15) is 24.0 Å². The summed E-state index contributed by atoms with van der Waals surface area (Å²) < 4.78 is 5.79. The van der Waals surface area contributed by atoms with Crippen LogP contribution in [0.25, 0.3) is 0 Å². The van der Waals surface area contributed by atoms with Crippen molar-refractivity contribution in [2.24, 2.45) is 0 Å². The summed E-state index contributed by atoms with van der Waals surface area (Å²) in [6.07, 6.45) is 0. The van der Waals surface area contributed by atoms with E-state index >= 15 is 0 Å². The van der Waals surface area contributed by atoms with Crippen LogP contribution in [0.4, 0.5) is 5.69 Å². The molecule has 2 N–H and O–H groups in total. The molecular weight excluding hydrogens is 260 g/mol. The predicted octanol–water partition coefficient (Wildman–Crippen LogP) is 3.27. The van der Waals surface area contributed by atoms with Gasteiger partial charge in [0.15, 0.2) is 0 Å². The second-order valence-corrected chi connectivity index (χ2v) is 5.72. The Kier molecular flexibility index (Phi) is 4.11. The molecule has 3 rings (SSSR count). The second kappa shape index (κ2) is 6.19. The van der Waals surface area contributed by atoms with E-state index in [-0.39, 0.29) is 0 Å². The highest BCUT2D eigenvalue weighted by molar-refractivity contribution is 5.53. The first-order valence-corrected chi connectivity index (χ1v) is 7.51. The molecule has 0 bridgehead atoms. The van der Waals surface area contributed by atoms with Crippen LogP contribution in [-0.4, -0.2) is 24.6 Å². The largest absolute Gasteiger partial charge is 0.492 e. The fraction of sp³-hybridized carbons (Fsp3) is 0.333. The number of fused-ring (bicyclic) bond motifs is 1. The summed E-state index contributed by atoms with van der Waals surface area (Å²) >= 11 is 0. The van der Waals surface area contributed by atoms with Gasteiger partial charge in [0.2, 0.25) is 0 Å².